The van der Waals surface area contributed by atoms with Gasteiger partial charge in [0.05, 0.1) is 25.4 Å². The summed E-state index contributed by atoms with van der Waals surface area (Å²) in [6, 6.07) is 7.97. The number of aromatic nitrogens is 2. The topological polar surface area (TPSA) is 73.4 Å². The second kappa shape index (κ2) is 7.70. The highest BCUT2D eigenvalue weighted by atomic mass is 16.5. The summed E-state index contributed by atoms with van der Waals surface area (Å²) >= 11 is 0. The van der Waals surface area contributed by atoms with Crippen LogP contribution in [-0.4, -0.2) is 46.8 Å². The van der Waals surface area contributed by atoms with Gasteiger partial charge >= 0.3 is 0 Å². The first kappa shape index (κ1) is 17.5. The van der Waals surface area contributed by atoms with Crippen molar-refractivity contribution in [1.29, 1.82) is 0 Å². The molecule has 0 aliphatic carbocycles. The molecular weight excluding hydrogens is 316 g/mol. The van der Waals surface area contributed by atoms with E-state index in [0.717, 1.165) is 37.2 Å². The van der Waals surface area contributed by atoms with Crippen LogP contribution >= 0.6 is 0 Å². The maximum atomic E-state index is 12.7. The highest BCUT2D eigenvalue weighted by molar-refractivity contribution is 5.93. The molecule has 1 saturated heterocycles. The van der Waals surface area contributed by atoms with Crippen molar-refractivity contribution in [3.05, 3.63) is 47.8 Å². The molecule has 2 aromatic rings. The Morgan fingerprint density at radius 1 is 1.40 bits per heavy atom. The van der Waals surface area contributed by atoms with E-state index in [1.54, 1.807) is 18.0 Å². The van der Waals surface area contributed by atoms with E-state index in [0.29, 0.717) is 18.0 Å². The molecule has 0 spiro atoms. The van der Waals surface area contributed by atoms with Crippen LogP contribution in [0.4, 0.5) is 0 Å². The van der Waals surface area contributed by atoms with Crippen molar-refractivity contribution in [2.75, 3.05) is 20.2 Å². The van der Waals surface area contributed by atoms with E-state index in [1.165, 1.54) is 0 Å². The molecule has 2 unspecified atom stereocenters. The summed E-state index contributed by atoms with van der Waals surface area (Å²) in [6.45, 7) is 4.18. The van der Waals surface area contributed by atoms with Crippen LogP contribution in [-0.2, 0) is 6.54 Å². The molecule has 25 heavy (non-hydrogen) atoms. The molecule has 0 radical (unpaired) electrons. The van der Waals surface area contributed by atoms with Crippen LogP contribution in [0, 0.1) is 5.92 Å². The van der Waals surface area contributed by atoms with Crippen molar-refractivity contribution in [2.45, 2.75) is 32.4 Å². The summed E-state index contributed by atoms with van der Waals surface area (Å²) in [5, 5.41) is 4.34. The Kier molecular flexibility index (Phi) is 5.38. The smallest absolute Gasteiger partial charge is 0.257 e. The Bertz CT molecular complexity index is 708. The predicted octanol–water partition coefficient (Wildman–Crippen LogP) is 2.14. The lowest BCUT2D eigenvalue weighted by Gasteiger charge is -2.34. The van der Waals surface area contributed by atoms with Crippen molar-refractivity contribution in [1.82, 2.24) is 14.7 Å². The highest BCUT2D eigenvalue weighted by Crippen LogP contribution is 2.20. The first-order valence-corrected chi connectivity index (χ1v) is 8.77. The van der Waals surface area contributed by atoms with Gasteiger partial charge in [-0.05, 0) is 43.4 Å². The first-order valence-electron chi connectivity index (χ1n) is 8.77. The van der Waals surface area contributed by atoms with Crippen molar-refractivity contribution >= 4 is 5.91 Å². The minimum absolute atomic E-state index is 0.0475. The summed E-state index contributed by atoms with van der Waals surface area (Å²) in [5.74, 6) is 1.26. The van der Waals surface area contributed by atoms with Crippen molar-refractivity contribution in [2.24, 2.45) is 11.7 Å². The third-order valence-corrected chi connectivity index (χ3v) is 4.87. The third kappa shape index (κ3) is 4.20. The van der Waals surface area contributed by atoms with Gasteiger partial charge in [-0.15, -0.1) is 0 Å². The molecular formula is C19H26N4O2. The number of amides is 1. The summed E-state index contributed by atoms with van der Waals surface area (Å²) in [4.78, 5) is 14.6. The molecule has 1 aromatic carbocycles. The van der Waals surface area contributed by atoms with Gasteiger partial charge in [0, 0.05) is 25.3 Å². The zero-order valence-electron chi connectivity index (χ0n) is 14.9. The standard InChI is InChI=1S/C19H26N4O2/c1-14(20)16-4-3-9-22(12-16)19(24)17-10-21-23(13-17)11-15-5-7-18(25-2)8-6-15/h5-8,10,13-14,16H,3-4,9,11-12,20H2,1-2H3. The molecule has 2 atom stereocenters. The molecule has 3 rings (SSSR count). The van der Waals surface area contributed by atoms with Gasteiger partial charge < -0.3 is 15.4 Å². The number of benzene rings is 1. The van der Waals surface area contributed by atoms with Gasteiger partial charge in [-0.25, -0.2) is 0 Å². The molecule has 1 fully saturated rings. The average molecular weight is 342 g/mol. The van der Waals surface area contributed by atoms with Crippen LogP contribution in [0.3, 0.4) is 0 Å². The van der Waals surface area contributed by atoms with E-state index in [4.69, 9.17) is 10.5 Å². The largest absolute Gasteiger partial charge is 0.497 e. The number of ether oxygens (including phenoxy) is 1. The molecule has 0 saturated carbocycles. The van der Waals surface area contributed by atoms with Crippen molar-refractivity contribution < 1.29 is 9.53 Å². The minimum Gasteiger partial charge on any atom is -0.497 e. The Balaban J connectivity index is 1.64. The maximum Gasteiger partial charge on any atom is 0.257 e. The summed E-state index contributed by atoms with van der Waals surface area (Å²) in [7, 11) is 1.65. The Labute approximate surface area is 148 Å². The van der Waals surface area contributed by atoms with E-state index in [2.05, 4.69) is 5.10 Å². The Morgan fingerprint density at radius 3 is 2.84 bits per heavy atom. The summed E-state index contributed by atoms with van der Waals surface area (Å²) in [6.07, 6.45) is 5.58. The number of piperidine rings is 1. The normalized spacial score (nSPS) is 18.8. The van der Waals surface area contributed by atoms with Crippen LogP contribution in [0.25, 0.3) is 0 Å². The van der Waals surface area contributed by atoms with E-state index in [1.807, 2.05) is 42.3 Å². The predicted molar refractivity (Wildman–Crippen MR) is 96.6 cm³/mol. The number of likely N-dealkylation sites (tertiary alicyclic amines) is 1. The lowest BCUT2D eigenvalue weighted by molar-refractivity contribution is 0.0661. The quantitative estimate of drug-likeness (QED) is 0.903. The number of nitrogens with two attached hydrogens (primary N) is 1. The molecule has 0 bridgehead atoms. The second-order valence-corrected chi connectivity index (χ2v) is 6.79. The molecule has 1 aliphatic heterocycles. The van der Waals surface area contributed by atoms with Crippen LogP contribution in [0.15, 0.2) is 36.7 Å². The van der Waals surface area contributed by atoms with Gasteiger partial charge in [0.1, 0.15) is 5.75 Å². The van der Waals surface area contributed by atoms with E-state index >= 15 is 0 Å². The zero-order valence-corrected chi connectivity index (χ0v) is 14.9. The first-order chi connectivity index (χ1) is 12.1. The van der Waals surface area contributed by atoms with E-state index in [-0.39, 0.29) is 11.9 Å². The molecule has 2 N–H and O–H groups in total. The van der Waals surface area contributed by atoms with Crippen LogP contribution in [0.1, 0.15) is 35.7 Å². The number of nitrogens with zero attached hydrogens (tertiary/aromatic N) is 3. The number of carbonyl (C=O) groups is 1. The van der Waals surface area contributed by atoms with Gasteiger partial charge in [-0.3, -0.25) is 9.48 Å². The van der Waals surface area contributed by atoms with Crippen LogP contribution < -0.4 is 10.5 Å². The molecule has 1 aliphatic rings. The highest BCUT2D eigenvalue weighted by Gasteiger charge is 2.27. The lowest BCUT2D eigenvalue weighted by atomic mass is 9.92. The van der Waals surface area contributed by atoms with Crippen LogP contribution in [0.2, 0.25) is 0 Å². The molecule has 6 heteroatoms. The molecule has 1 amide bonds. The fourth-order valence-corrected chi connectivity index (χ4v) is 3.28. The van der Waals surface area contributed by atoms with Crippen molar-refractivity contribution in [3.8, 4) is 5.75 Å². The number of hydrogen-bond acceptors (Lipinski definition) is 4. The SMILES string of the molecule is COc1ccc(Cn2cc(C(=O)N3CCCC(C(C)N)C3)cn2)cc1. The Hall–Kier alpha value is -2.34. The number of methoxy groups -OCH3 is 1. The Morgan fingerprint density at radius 2 is 2.16 bits per heavy atom. The fraction of sp³-hybridized carbons (Fsp3) is 0.474. The second-order valence-electron chi connectivity index (χ2n) is 6.79. The van der Waals surface area contributed by atoms with Crippen molar-refractivity contribution in [3.63, 3.8) is 0 Å². The molecule has 134 valence electrons. The van der Waals surface area contributed by atoms with Gasteiger partial charge in [-0.2, -0.15) is 5.10 Å². The molecule has 6 nitrogen and oxygen atoms in total. The average Bonchev–Trinajstić information content (AvgIpc) is 3.10. The van der Waals surface area contributed by atoms with E-state index < -0.39 is 0 Å². The number of hydrogen-bond donors (Lipinski definition) is 1. The third-order valence-electron chi connectivity index (χ3n) is 4.87. The van der Waals surface area contributed by atoms with Gasteiger partial charge in [0.15, 0.2) is 0 Å². The lowest BCUT2D eigenvalue weighted by Crippen LogP contribution is -2.45. The van der Waals surface area contributed by atoms with Crippen LogP contribution in [0.5, 0.6) is 5.75 Å². The van der Waals surface area contributed by atoms with Gasteiger partial charge in [-0.1, -0.05) is 12.1 Å². The summed E-state index contributed by atoms with van der Waals surface area (Å²) < 4.78 is 6.96. The van der Waals surface area contributed by atoms with Gasteiger partial charge in [0.2, 0.25) is 0 Å². The minimum atomic E-state index is 0.0475. The number of carbonyl (C=O) groups excluding carboxylic acids is 1. The van der Waals surface area contributed by atoms with Gasteiger partial charge in [0.25, 0.3) is 5.91 Å². The number of rotatable bonds is 5. The monoisotopic (exact) mass is 342 g/mol. The molecule has 1 aromatic heterocycles. The van der Waals surface area contributed by atoms with E-state index in [9.17, 15) is 4.79 Å². The summed E-state index contributed by atoms with van der Waals surface area (Å²) in [5.41, 5.74) is 7.76. The molecule has 2 heterocycles. The zero-order chi connectivity index (χ0) is 17.8. The fourth-order valence-electron chi connectivity index (χ4n) is 3.28. The maximum absolute atomic E-state index is 12.7.